The van der Waals surface area contributed by atoms with Crippen LogP contribution in [0.1, 0.15) is 10.5 Å². The zero-order valence-corrected chi connectivity index (χ0v) is 9.39. The number of nitrogens with one attached hydrogen (secondary N) is 2. The van der Waals surface area contributed by atoms with E-state index in [0.29, 0.717) is 13.1 Å². The fraction of sp³-hybridized carbons (Fsp3) is 0.556. The Morgan fingerprint density at radius 1 is 1.24 bits per heavy atom. The fourth-order valence-electron chi connectivity index (χ4n) is 1.65. The van der Waals surface area contributed by atoms with E-state index in [9.17, 15) is 14.4 Å². The Bertz CT molecular complexity index is 526. The molecular weight excluding hydrogens is 226 g/mol. The molecule has 0 aromatic carbocycles. The molecule has 1 aliphatic rings. The van der Waals surface area contributed by atoms with Crippen LogP contribution in [0.3, 0.4) is 0 Å². The number of aromatic amines is 2. The van der Waals surface area contributed by atoms with Gasteiger partial charge in [-0.3, -0.25) is 14.6 Å². The summed E-state index contributed by atoms with van der Waals surface area (Å²) in [5, 5.41) is 5.54. The Hall–Kier alpha value is -1.96. The minimum atomic E-state index is -0.752. The predicted molar refractivity (Wildman–Crippen MR) is 58.9 cm³/mol. The molecule has 8 heteroatoms. The van der Waals surface area contributed by atoms with Gasteiger partial charge in [0.05, 0.1) is 0 Å². The van der Waals surface area contributed by atoms with Crippen LogP contribution in [-0.2, 0) is 0 Å². The molecule has 0 unspecified atom stereocenters. The predicted octanol–water partition coefficient (Wildman–Crippen LogP) is -2.15. The van der Waals surface area contributed by atoms with Crippen molar-refractivity contribution in [2.45, 2.75) is 0 Å². The summed E-state index contributed by atoms with van der Waals surface area (Å²) >= 11 is 0. The number of amides is 1. The van der Waals surface area contributed by atoms with Crippen molar-refractivity contribution in [1.82, 2.24) is 25.0 Å². The number of rotatable bonds is 1. The van der Waals surface area contributed by atoms with Crippen LogP contribution >= 0.6 is 0 Å². The summed E-state index contributed by atoms with van der Waals surface area (Å²) in [7, 11) is 1.97. The van der Waals surface area contributed by atoms with Crippen LogP contribution in [0.25, 0.3) is 0 Å². The largest absolute Gasteiger partial charge is 0.342 e. The number of piperazine rings is 1. The van der Waals surface area contributed by atoms with Crippen molar-refractivity contribution >= 4 is 5.91 Å². The highest BCUT2D eigenvalue weighted by molar-refractivity contribution is 5.91. The van der Waals surface area contributed by atoms with Crippen molar-refractivity contribution in [3.05, 3.63) is 26.5 Å². The first-order chi connectivity index (χ1) is 8.08. The average Bonchev–Trinajstić information content (AvgIpc) is 2.29. The van der Waals surface area contributed by atoms with Gasteiger partial charge in [-0.15, -0.1) is 0 Å². The molecule has 0 spiro atoms. The van der Waals surface area contributed by atoms with Gasteiger partial charge in [-0.1, -0.05) is 0 Å². The second-order valence-corrected chi connectivity index (χ2v) is 3.95. The highest BCUT2D eigenvalue weighted by Crippen LogP contribution is 2.02. The second-order valence-electron chi connectivity index (χ2n) is 3.95. The van der Waals surface area contributed by atoms with E-state index < -0.39 is 17.2 Å². The van der Waals surface area contributed by atoms with Crippen LogP contribution < -0.4 is 11.2 Å². The lowest BCUT2D eigenvalue weighted by atomic mass is 10.3. The Kier molecular flexibility index (Phi) is 3.05. The number of H-pyrrole nitrogens is 2. The molecular formula is C9H13N5O3. The highest BCUT2D eigenvalue weighted by atomic mass is 16.2. The molecule has 2 heterocycles. The summed E-state index contributed by atoms with van der Waals surface area (Å²) in [6.07, 6.45) is 0. The molecule has 1 amide bonds. The third kappa shape index (κ3) is 2.41. The molecule has 1 aromatic heterocycles. The van der Waals surface area contributed by atoms with Gasteiger partial charge < -0.3 is 9.80 Å². The van der Waals surface area contributed by atoms with Crippen LogP contribution in [0.15, 0.2) is 9.59 Å². The normalized spacial score (nSPS) is 17.1. The number of hydrogen-bond donors (Lipinski definition) is 2. The lowest BCUT2D eigenvalue weighted by molar-refractivity contribution is 0.0654. The third-order valence-electron chi connectivity index (χ3n) is 2.70. The summed E-state index contributed by atoms with van der Waals surface area (Å²) in [6, 6.07) is 0. The smallest absolute Gasteiger partial charge is 0.335 e. The molecule has 2 rings (SSSR count). The first kappa shape index (κ1) is 11.5. The van der Waals surface area contributed by atoms with E-state index in [1.54, 1.807) is 4.90 Å². The first-order valence-electron chi connectivity index (χ1n) is 5.25. The van der Waals surface area contributed by atoms with E-state index >= 15 is 0 Å². The Balaban J connectivity index is 2.20. The van der Waals surface area contributed by atoms with Crippen molar-refractivity contribution in [3.63, 3.8) is 0 Å². The molecule has 0 saturated carbocycles. The van der Waals surface area contributed by atoms with E-state index in [1.165, 1.54) is 0 Å². The van der Waals surface area contributed by atoms with Crippen molar-refractivity contribution in [2.24, 2.45) is 0 Å². The monoisotopic (exact) mass is 239 g/mol. The molecule has 0 bridgehead atoms. The quantitative estimate of drug-likeness (QED) is 0.581. The van der Waals surface area contributed by atoms with Crippen molar-refractivity contribution in [3.8, 4) is 0 Å². The molecule has 1 aromatic rings. The van der Waals surface area contributed by atoms with E-state index in [4.69, 9.17) is 0 Å². The van der Waals surface area contributed by atoms with E-state index in [-0.39, 0.29) is 5.69 Å². The van der Waals surface area contributed by atoms with E-state index in [1.807, 2.05) is 12.0 Å². The zero-order chi connectivity index (χ0) is 12.4. The summed E-state index contributed by atoms with van der Waals surface area (Å²) in [6.45, 7) is 2.62. The minimum absolute atomic E-state index is 0.269. The maximum absolute atomic E-state index is 11.9. The third-order valence-corrected chi connectivity index (χ3v) is 2.70. The molecule has 0 atom stereocenters. The summed E-state index contributed by atoms with van der Waals surface area (Å²) in [4.78, 5) is 39.7. The Morgan fingerprint density at radius 3 is 2.47 bits per heavy atom. The van der Waals surface area contributed by atoms with Crippen LogP contribution in [-0.4, -0.2) is 64.1 Å². The van der Waals surface area contributed by atoms with Gasteiger partial charge in [0, 0.05) is 26.2 Å². The van der Waals surface area contributed by atoms with Gasteiger partial charge in [0.1, 0.15) is 0 Å². The summed E-state index contributed by atoms with van der Waals surface area (Å²) < 4.78 is 0. The number of likely N-dealkylation sites (N-methyl/N-ethyl adjacent to an activating group) is 1. The van der Waals surface area contributed by atoms with Crippen LogP contribution in [0.4, 0.5) is 0 Å². The SMILES string of the molecule is CN1CCN(C(=O)c2n[nH]c(=O)[nH]c2=O)CC1. The number of aromatic nitrogens is 3. The number of hydrogen-bond acceptors (Lipinski definition) is 5. The van der Waals surface area contributed by atoms with E-state index in [0.717, 1.165) is 13.1 Å². The minimum Gasteiger partial charge on any atom is -0.335 e. The molecule has 0 radical (unpaired) electrons. The van der Waals surface area contributed by atoms with Gasteiger partial charge in [0.2, 0.25) is 5.69 Å². The highest BCUT2D eigenvalue weighted by Gasteiger charge is 2.23. The van der Waals surface area contributed by atoms with Gasteiger partial charge in [-0.05, 0) is 7.05 Å². The molecule has 17 heavy (non-hydrogen) atoms. The first-order valence-corrected chi connectivity index (χ1v) is 5.25. The van der Waals surface area contributed by atoms with Crippen LogP contribution in [0.2, 0.25) is 0 Å². The molecule has 1 aliphatic heterocycles. The number of carbonyl (C=O) groups excluding carboxylic acids is 1. The van der Waals surface area contributed by atoms with Gasteiger partial charge in [0.15, 0.2) is 0 Å². The molecule has 8 nitrogen and oxygen atoms in total. The van der Waals surface area contributed by atoms with Crippen molar-refractivity contribution in [2.75, 3.05) is 33.2 Å². The number of carbonyl (C=O) groups is 1. The lowest BCUT2D eigenvalue weighted by Crippen LogP contribution is -2.49. The molecule has 1 fully saturated rings. The van der Waals surface area contributed by atoms with Gasteiger partial charge in [-0.2, -0.15) is 5.10 Å². The van der Waals surface area contributed by atoms with Gasteiger partial charge in [0.25, 0.3) is 11.5 Å². The maximum Gasteiger partial charge on any atom is 0.342 e. The van der Waals surface area contributed by atoms with Crippen LogP contribution in [0.5, 0.6) is 0 Å². The Morgan fingerprint density at radius 2 is 1.88 bits per heavy atom. The number of nitrogens with zero attached hydrogens (tertiary/aromatic N) is 3. The standard InChI is InChI=1S/C9H13N5O3/c1-13-2-4-14(5-3-13)8(16)6-7(15)10-9(17)12-11-6/h2-5H2,1H3,(H2,10,12,15,17). The maximum atomic E-state index is 11.9. The van der Waals surface area contributed by atoms with Crippen LogP contribution in [0, 0.1) is 0 Å². The second kappa shape index (κ2) is 4.50. The molecule has 92 valence electrons. The van der Waals surface area contributed by atoms with Gasteiger partial charge >= 0.3 is 5.69 Å². The Labute approximate surface area is 96.2 Å². The average molecular weight is 239 g/mol. The van der Waals surface area contributed by atoms with Gasteiger partial charge in [-0.25, -0.2) is 9.89 Å². The molecule has 1 saturated heterocycles. The summed E-state index contributed by atoms with van der Waals surface area (Å²) in [5.41, 5.74) is -1.74. The summed E-state index contributed by atoms with van der Waals surface area (Å²) in [5.74, 6) is -0.449. The fourth-order valence-corrected chi connectivity index (χ4v) is 1.65. The molecule has 2 N–H and O–H groups in total. The van der Waals surface area contributed by atoms with Crippen molar-refractivity contribution < 1.29 is 4.79 Å². The topological polar surface area (TPSA) is 102 Å². The molecule has 0 aliphatic carbocycles. The van der Waals surface area contributed by atoms with Crippen molar-refractivity contribution in [1.29, 1.82) is 0 Å². The lowest BCUT2D eigenvalue weighted by Gasteiger charge is -2.31. The zero-order valence-electron chi connectivity index (χ0n) is 9.39. The van der Waals surface area contributed by atoms with E-state index in [2.05, 4.69) is 15.1 Å².